The number of hydrogen-bond acceptors (Lipinski definition) is 5. The van der Waals surface area contributed by atoms with Gasteiger partial charge in [-0.15, -0.1) is 0 Å². The molecule has 2 aliphatic rings. The van der Waals surface area contributed by atoms with Crippen molar-refractivity contribution >= 4 is 22.2 Å². The van der Waals surface area contributed by atoms with E-state index < -0.39 is 4.92 Å². The number of nitrogens with one attached hydrogen (secondary N) is 1. The van der Waals surface area contributed by atoms with Crippen molar-refractivity contribution in [3.05, 3.63) is 27.1 Å². The van der Waals surface area contributed by atoms with Gasteiger partial charge in [-0.05, 0) is 44.2 Å². The van der Waals surface area contributed by atoms with E-state index in [-0.39, 0.29) is 10.9 Å². The smallest absolute Gasteiger partial charge is 0.324 e. The summed E-state index contributed by atoms with van der Waals surface area (Å²) in [5.74, 6) is 0.555. The Balaban J connectivity index is 1.70. The number of nitrogens with zero attached hydrogens (tertiary/aromatic N) is 2. The van der Waals surface area contributed by atoms with Crippen LogP contribution in [0.4, 0.5) is 5.00 Å². The van der Waals surface area contributed by atoms with Crippen molar-refractivity contribution in [3.63, 3.8) is 0 Å². The Kier molecular flexibility index (Phi) is 4.21. The fraction of sp³-hybridized carbons (Fsp3) is 0.643. The Morgan fingerprint density at radius 3 is 2.76 bits per heavy atom. The molecule has 1 aromatic rings. The monoisotopic (exact) mass is 309 g/mol. The van der Waals surface area contributed by atoms with Crippen molar-refractivity contribution in [3.8, 4) is 0 Å². The van der Waals surface area contributed by atoms with E-state index in [1.165, 1.54) is 18.9 Å². The lowest BCUT2D eigenvalue weighted by atomic mass is 10.2. The second kappa shape index (κ2) is 6.11. The van der Waals surface area contributed by atoms with E-state index in [1.807, 2.05) is 4.90 Å². The van der Waals surface area contributed by atoms with Gasteiger partial charge in [0.1, 0.15) is 0 Å². The fourth-order valence-corrected chi connectivity index (χ4v) is 3.52. The third-order valence-electron chi connectivity index (χ3n) is 4.05. The lowest BCUT2D eigenvalue weighted by Crippen LogP contribution is -2.41. The maximum atomic E-state index is 12.6. The van der Waals surface area contributed by atoms with Gasteiger partial charge >= 0.3 is 5.00 Å². The fourth-order valence-electron chi connectivity index (χ4n) is 2.73. The zero-order valence-electron chi connectivity index (χ0n) is 11.8. The largest absolute Gasteiger partial charge is 0.336 e. The van der Waals surface area contributed by atoms with Gasteiger partial charge in [0.05, 0.1) is 9.80 Å². The average Bonchev–Trinajstić information content (AvgIpc) is 2.96. The van der Waals surface area contributed by atoms with Crippen LogP contribution in [0.5, 0.6) is 0 Å². The van der Waals surface area contributed by atoms with Crippen LogP contribution in [-0.2, 0) is 0 Å². The summed E-state index contributed by atoms with van der Waals surface area (Å²) in [6.07, 6.45) is 4.62. The van der Waals surface area contributed by atoms with E-state index in [9.17, 15) is 14.9 Å². The molecule has 0 aromatic carbocycles. The van der Waals surface area contributed by atoms with E-state index >= 15 is 0 Å². The van der Waals surface area contributed by atoms with Gasteiger partial charge in [0, 0.05) is 25.2 Å². The van der Waals surface area contributed by atoms with Gasteiger partial charge in [0.25, 0.3) is 5.91 Å². The van der Waals surface area contributed by atoms with Crippen LogP contribution in [0.1, 0.15) is 35.4 Å². The van der Waals surface area contributed by atoms with Gasteiger partial charge in [-0.3, -0.25) is 14.9 Å². The molecule has 7 heteroatoms. The molecular weight excluding hydrogens is 290 g/mol. The molecule has 0 bridgehead atoms. The molecule has 21 heavy (non-hydrogen) atoms. The molecule has 6 nitrogen and oxygen atoms in total. The van der Waals surface area contributed by atoms with Gasteiger partial charge in [0.15, 0.2) is 0 Å². The first-order chi connectivity index (χ1) is 10.1. The van der Waals surface area contributed by atoms with E-state index in [2.05, 4.69) is 5.32 Å². The minimum absolute atomic E-state index is 0.0312. The van der Waals surface area contributed by atoms with Crippen LogP contribution in [0, 0.1) is 16.0 Å². The van der Waals surface area contributed by atoms with Crippen molar-refractivity contribution in [2.24, 2.45) is 5.92 Å². The summed E-state index contributed by atoms with van der Waals surface area (Å²) in [7, 11) is 0. The van der Waals surface area contributed by atoms with Crippen LogP contribution in [-0.4, -0.2) is 41.4 Å². The quantitative estimate of drug-likeness (QED) is 0.646. The maximum absolute atomic E-state index is 12.6. The minimum atomic E-state index is -0.439. The Labute approximate surface area is 127 Å². The maximum Gasteiger partial charge on any atom is 0.324 e. The molecule has 1 atom stereocenters. The molecule has 2 heterocycles. The third kappa shape index (κ3) is 3.59. The molecule has 114 valence electrons. The summed E-state index contributed by atoms with van der Waals surface area (Å²) in [6, 6.07) is 3.36. The van der Waals surface area contributed by atoms with Gasteiger partial charge in [0.2, 0.25) is 0 Å². The van der Waals surface area contributed by atoms with Gasteiger partial charge in [-0.2, -0.15) is 0 Å². The van der Waals surface area contributed by atoms with Crippen LogP contribution in [0.25, 0.3) is 0 Å². The number of thiophene rings is 1. The number of amides is 1. The van der Waals surface area contributed by atoms with Crippen LogP contribution < -0.4 is 5.32 Å². The summed E-state index contributed by atoms with van der Waals surface area (Å²) >= 11 is 0.972. The lowest BCUT2D eigenvalue weighted by Gasteiger charge is -2.25. The first-order valence-corrected chi connectivity index (χ1v) is 8.22. The van der Waals surface area contributed by atoms with E-state index in [1.54, 1.807) is 6.07 Å². The Hall–Kier alpha value is -1.47. The van der Waals surface area contributed by atoms with E-state index in [0.29, 0.717) is 23.4 Å². The number of nitro groups is 1. The molecule has 1 unspecified atom stereocenters. The number of carbonyl (C=O) groups excluding carboxylic acids is 1. The van der Waals surface area contributed by atoms with E-state index in [4.69, 9.17) is 0 Å². The molecule has 3 rings (SSSR count). The standard InChI is InChI=1S/C14H19N3O3S/c18-14(12-5-6-13(21-12)17(19)20)16(8-10-3-4-10)9-11-2-1-7-15-11/h5-6,10-11,15H,1-4,7-9H2. The number of rotatable bonds is 6. The predicted octanol–water partition coefficient (Wildman–Crippen LogP) is 2.26. The summed E-state index contributed by atoms with van der Waals surface area (Å²) in [5, 5.41) is 14.2. The highest BCUT2D eigenvalue weighted by Crippen LogP contribution is 2.31. The molecule has 2 fully saturated rings. The second-order valence-corrected chi connectivity index (χ2v) is 6.90. The van der Waals surface area contributed by atoms with Crippen LogP contribution in [0.3, 0.4) is 0 Å². The highest BCUT2D eigenvalue weighted by Gasteiger charge is 2.30. The molecule has 1 aliphatic heterocycles. The summed E-state index contributed by atoms with van der Waals surface area (Å²) in [4.78, 5) is 25.3. The topological polar surface area (TPSA) is 75.5 Å². The van der Waals surface area contributed by atoms with Crippen molar-refractivity contribution in [1.82, 2.24) is 10.2 Å². The van der Waals surface area contributed by atoms with Crippen LogP contribution in [0.2, 0.25) is 0 Å². The average molecular weight is 309 g/mol. The SMILES string of the molecule is O=C(c1ccc([N+](=O)[O-])s1)N(CC1CC1)CC1CCCN1. The molecule has 1 saturated heterocycles. The zero-order valence-corrected chi connectivity index (χ0v) is 12.6. The Morgan fingerprint density at radius 2 is 2.19 bits per heavy atom. The second-order valence-electron chi connectivity index (χ2n) is 5.84. The van der Waals surface area contributed by atoms with Crippen molar-refractivity contribution < 1.29 is 9.72 Å². The van der Waals surface area contributed by atoms with Crippen LogP contribution >= 0.6 is 11.3 Å². The first-order valence-electron chi connectivity index (χ1n) is 7.40. The Bertz CT molecular complexity index is 535. The Morgan fingerprint density at radius 1 is 1.38 bits per heavy atom. The van der Waals surface area contributed by atoms with Crippen molar-refractivity contribution in [2.75, 3.05) is 19.6 Å². The summed E-state index contributed by atoms with van der Waals surface area (Å²) < 4.78 is 0. The van der Waals surface area contributed by atoms with Crippen molar-refractivity contribution in [1.29, 1.82) is 0 Å². The molecule has 0 spiro atoms. The normalized spacial score (nSPS) is 21.4. The molecule has 0 radical (unpaired) electrons. The first kappa shape index (κ1) is 14.5. The molecule has 1 aliphatic carbocycles. The van der Waals surface area contributed by atoms with Crippen LogP contribution in [0.15, 0.2) is 12.1 Å². The predicted molar refractivity (Wildman–Crippen MR) is 80.6 cm³/mol. The van der Waals surface area contributed by atoms with Gasteiger partial charge in [-0.25, -0.2) is 0 Å². The van der Waals surface area contributed by atoms with Gasteiger partial charge < -0.3 is 10.2 Å². The third-order valence-corrected chi connectivity index (χ3v) is 5.07. The molecular formula is C14H19N3O3S. The molecule has 1 amide bonds. The number of carbonyl (C=O) groups is 1. The van der Waals surface area contributed by atoms with Crippen molar-refractivity contribution in [2.45, 2.75) is 31.7 Å². The molecule has 1 aromatic heterocycles. The molecule has 1 saturated carbocycles. The summed E-state index contributed by atoms with van der Waals surface area (Å²) in [6.45, 7) is 2.50. The number of hydrogen-bond donors (Lipinski definition) is 1. The minimum Gasteiger partial charge on any atom is -0.336 e. The lowest BCUT2D eigenvalue weighted by molar-refractivity contribution is -0.380. The summed E-state index contributed by atoms with van der Waals surface area (Å²) in [5.41, 5.74) is 0. The molecule has 1 N–H and O–H groups in total. The van der Waals surface area contributed by atoms with Gasteiger partial charge in [-0.1, -0.05) is 11.3 Å². The van der Waals surface area contributed by atoms with E-state index in [0.717, 1.165) is 37.3 Å². The zero-order chi connectivity index (χ0) is 14.8. The highest BCUT2D eigenvalue weighted by atomic mass is 32.1. The highest BCUT2D eigenvalue weighted by molar-refractivity contribution is 7.17.